The molecule has 2 nitrogen and oxygen atoms in total. The first-order valence-corrected chi connectivity index (χ1v) is 6.83. The Bertz CT molecular complexity index is 438. The van der Waals surface area contributed by atoms with Gasteiger partial charge in [-0.15, -0.1) is 0 Å². The van der Waals surface area contributed by atoms with Crippen molar-refractivity contribution in [1.82, 2.24) is 0 Å². The predicted octanol–water partition coefficient (Wildman–Crippen LogP) is 3.63. The van der Waals surface area contributed by atoms with Gasteiger partial charge in [-0.1, -0.05) is 27.6 Å². The minimum atomic E-state index is 0.0644. The van der Waals surface area contributed by atoms with Crippen molar-refractivity contribution in [2.24, 2.45) is 5.73 Å². The molecule has 2 N–H and O–H groups in total. The maximum Gasteiger partial charge on any atom is 0.0418 e. The van der Waals surface area contributed by atoms with Gasteiger partial charge in [0.15, 0.2) is 0 Å². The predicted molar refractivity (Wildman–Crippen MR) is 77.3 cm³/mol. The van der Waals surface area contributed by atoms with Gasteiger partial charge in [0, 0.05) is 29.3 Å². The number of benzene rings is 1. The largest absolute Gasteiger partial charge is 0.367 e. The van der Waals surface area contributed by atoms with E-state index in [2.05, 4.69) is 52.0 Å². The smallest absolute Gasteiger partial charge is 0.0418 e. The van der Waals surface area contributed by atoms with E-state index in [1.807, 2.05) is 6.92 Å². The van der Waals surface area contributed by atoms with Crippen molar-refractivity contribution in [3.63, 3.8) is 0 Å². The highest BCUT2D eigenvalue weighted by Crippen LogP contribution is 2.30. The molecule has 0 aromatic heterocycles. The van der Waals surface area contributed by atoms with Gasteiger partial charge in [-0.3, -0.25) is 0 Å². The first-order valence-electron chi connectivity index (χ1n) is 6.03. The molecule has 1 aromatic carbocycles. The topological polar surface area (TPSA) is 29.3 Å². The Hall–Kier alpha value is -0.800. The van der Waals surface area contributed by atoms with Crippen molar-refractivity contribution in [1.29, 1.82) is 0 Å². The number of nitrogens with two attached hydrogens (primary N) is 1. The summed E-state index contributed by atoms with van der Waals surface area (Å²) in [4.78, 5) is 2.40. The molecule has 92 valence electrons. The molecule has 0 saturated carbocycles. The van der Waals surface area contributed by atoms with Crippen molar-refractivity contribution in [2.45, 2.75) is 26.3 Å². The van der Waals surface area contributed by atoms with E-state index in [4.69, 9.17) is 5.73 Å². The fourth-order valence-corrected chi connectivity index (χ4v) is 2.55. The molecular formula is C14H19BrN2. The van der Waals surface area contributed by atoms with Crippen LogP contribution in [-0.2, 0) is 0 Å². The fourth-order valence-electron chi connectivity index (χ4n) is 2.17. The number of rotatable bonds is 2. The van der Waals surface area contributed by atoms with E-state index >= 15 is 0 Å². The summed E-state index contributed by atoms with van der Waals surface area (Å²) in [6, 6.07) is 6.45. The van der Waals surface area contributed by atoms with Crippen LogP contribution < -0.4 is 10.6 Å². The maximum absolute atomic E-state index is 6.05. The number of hydrogen-bond acceptors (Lipinski definition) is 2. The molecule has 3 heteroatoms. The van der Waals surface area contributed by atoms with Crippen LogP contribution in [0, 0.1) is 0 Å². The Kier molecular flexibility index (Phi) is 3.89. The lowest BCUT2D eigenvalue weighted by Crippen LogP contribution is -2.29. The zero-order valence-corrected chi connectivity index (χ0v) is 12.0. The second kappa shape index (κ2) is 5.23. The Morgan fingerprint density at radius 2 is 2.18 bits per heavy atom. The van der Waals surface area contributed by atoms with Gasteiger partial charge in [0.05, 0.1) is 0 Å². The van der Waals surface area contributed by atoms with Crippen molar-refractivity contribution < 1.29 is 0 Å². The Morgan fingerprint density at radius 1 is 1.41 bits per heavy atom. The second-order valence-electron chi connectivity index (χ2n) is 4.74. The molecule has 2 rings (SSSR count). The van der Waals surface area contributed by atoms with Crippen LogP contribution in [0.3, 0.4) is 0 Å². The quantitative estimate of drug-likeness (QED) is 0.844. The molecule has 0 bridgehead atoms. The molecule has 1 aromatic rings. The van der Waals surface area contributed by atoms with Gasteiger partial charge in [-0.25, -0.2) is 0 Å². The van der Waals surface area contributed by atoms with E-state index in [0.717, 1.165) is 24.0 Å². The van der Waals surface area contributed by atoms with Crippen LogP contribution in [0.1, 0.15) is 31.9 Å². The molecule has 1 aliphatic heterocycles. The summed E-state index contributed by atoms with van der Waals surface area (Å²) >= 11 is 3.51. The summed E-state index contributed by atoms with van der Waals surface area (Å²) in [5.74, 6) is 0. The lowest BCUT2D eigenvalue weighted by Gasteiger charge is -2.30. The molecule has 0 fully saturated rings. The van der Waals surface area contributed by atoms with Gasteiger partial charge in [-0.2, -0.15) is 0 Å². The average Bonchev–Trinajstić information content (AvgIpc) is 2.30. The zero-order valence-electron chi connectivity index (χ0n) is 10.4. The summed E-state index contributed by atoms with van der Waals surface area (Å²) in [6.07, 6.45) is 3.45. The Balaban J connectivity index is 2.32. The highest BCUT2D eigenvalue weighted by molar-refractivity contribution is 9.10. The van der Waals surface area contributed by atoms with E-state index in [9.17, 15) is 0 Å². The van der Waals surface area contributed by atoms with Crippen LogP contribution in [-0.4, -0.2) is 13.1 Å². The van der Waals surface area contributed by atoms with E-state index in [-0.39, 0.29) is 6.04 Å². The van der Waals surface area contributed by atoms with Crippen molar-refractivity contribution >= 4 is 21.6 Å². The summed E-state index contributed by atoms with van der Waals surface area (Å²) in [6.45, 7) is 6.32. The third-order valence-corrected chi connectivity index (χ3v) is 3.75. The average molecular weight is 295 g/mol. The molecule has 0 aliphatic carbocycles. The molecule has 1 atom stereocenters. The van der Waals surface area contributed by atoms with E-state index in [1.165, 1.54) is 16.8 Å². The molecule has 0 spiro atoms. The summed E-state index contributed by atoms with van der Waals surface area (Å²) in [5, 5.41) is 0. The van der Waals surface area contributed by atoms with Crippen molar-refractivity contribution in [3.05, 3.63) is 39.9 Å². The number of anilines is 1. The highest BCUT2D eigenvalue weighted by atomic mass is 79.9. The molecule has 0 amide bonds. The lowest BCUT2D eigenvalue weighted by atomic mass is 10.0. The van der Waals surface area contributed by atoms with Gasteiger partial charge in [0.1, 0.15) is 0 Å². The summed E-state index contributed by atoms with van der Waals surface area (Å²) in [5.41, 5.74) is 10.0. The SMILES string of the molecule is CC1=CCN(c2ccc(Br)cc2C(C)N)CC1. The van der Waals surface area contributed by atoms with Crippen molar-refractivity contribution in [3.8, 4) is 0 Å². The minimum Gasteiger partial charge on any atom is -0.367 e. The molecule has 1 unspecified atom stereocenters. The number of halogens is 1. The van der Waals surface area contributed by atoms with Crippen LogP contribution in [0.2, 0.25) is 0 Å². The van der Waals surface area contributed by atoms with Gasteiger partial charge in [0.25, 0.3) is 0 Å². The first kappa shape index (κ1) is 12.7. The zero-order chi connectivity index (χ0) is 12.4. The lowest BCUT2D eigenvalue weighted by molar-refractivity contribution is 0.759. The Labute approximate surface area is 112 Å². The van der Waals surface area contributed by atoms with Crippen molar-refractivity contribution in [2.75, 3.05) is 18.0 Å². The van der Waals surface area contributed by atoms with Gasteiger partial charge >= 0.3 is 0 Å². The van der Waals surface area contributed by atoms with Crippen LogP contribution in [0.5, 0.6) is 0 Å². The minimum absolute atomic E-state index is 0.0644. The van der Waals surface area contributed by atoms with Crippen LogP contribution >= 0.6 is 15.9 Å². The number of nitrogens with zero attached hydrogens (tertiary/aromatic N) is 1. The standard InChI is InChI=1S/C14H19BrN2/c1-10-5-7-17(8-6-10)14-4-3-12(15)9-13(14)11(2)16/h3-5,9,11H,6-8,16H2,1-2H3. The van der Waals surface area contributed by atoms with Gasteiger partial charge in [0.2, 0.25) is 0 Å². The van der Waals surface area contributed by atoms with Crippen LogP contribution in [0.15, 0.2) is 34.3 Å². The second-order valence-corrected chi connectivity index (χ2v) is 5.65. The molecular weight excluding hydrogens is 276 g/mol. The van der Waals surface area contributed by atoms with Gasteiger partial charge < -0.3 is 10.6 Å². The molecule has 0 radical (unpaired) electrons. The molecule has 1 aliphatic rings. The molecule has 1 heterocycles. The normalized spacial score (nSPS) is 17.9. The summed E-state index contributed by atoms with van der Waals surface area (Å²) < 4.78 is 1.09. The van der Waals surface area contributed by atoms with E-state index in [0.29, 0.717) is 0 Å². The monoisotopic (exact) mass is 294 g/mol. The van der Waals surface area contributed by atoms with Crippen LogP contribution in [0.25, 0.3) is 0 Å². The molecule has 17 heavy (non-hydrogen) atoms. The molecule has 0 saturated heterocycles. The van der Waals surface area contributed by atoms with E-state index in [1.54, 1.807) is 0 Å². The highest BCUT2D eigenvalue weighted by Gasteiger charge is 2.15. The van der Waals surface area contributed by atoms with E-state index < -0.39 is 0 Å². The Morgan fingerprint density at radius 3 is 2.76 bits per heavy atom. The van der Waals surface area contributed by atoms with Crippen LogP contribution in [0.4, 0.5) is 5.69 Å². The maximum atomic E-state index is 6.05. The third kappa shape index (κ3) is 2.90. The summed E-state index contributed by atoms with van der Waals surface area (Å²) in [7, 11) is 0. The fraction of sp³-hybridized carbons (Fsp3) is 0.429. The first-order chi connectivity index (χ1) is 8.08. The number of hydrogen-bond donors (Lipinski definition) is 1. The van der Waals surface area contributed by atoms with Gasteiger partial charge in [-0.05, 0) is 44.0 Å². The third-order valence-electron chi connectivity index (χ3n) is 3.26.